The number of methoxy groups -OCH3 is 1. The van der Waals surface area contributed by atoms with Crippen LogP contribution < -0.4 is 10.2 Å². The maximum Gasteiger partial charge on any atom is 0.257 e. The van der Waals surface area contributed by atoms with Crippen molar-refractivity contribution in [3.05, 3.63) is 76.9 Å². The van der Waals surface area contributed by atoms with Gasteiger partial charge >= 0.3 is 0 Å². The number of nitrogens with zero attached hydrogens (tertiary/aromatic N) is 1. The molecule has 2 atom stereocenters. The normalized spacial score (nSPS) is 22.2. The molecule has 1 N–H and O–H groups in total. The van der Waals surface area contributed by atoms with Gasteiger partial charge in [0.05, 0.1) is 24.8 Å². The number of nitrogens with one attached hydrogen (secondary N) is 1. The molecule has 5 rings (SSSR count). The fourth-order valence-corrected chi connectivity index (χ4v) is 8.96. The van der Waals surface area contributed by atoms with Gasteiger partial charge in [-0.3, -0.25) is 9.59 Å². The van der Waals surface area contributed by atoms with Gasteiger partial charge in [-0.25, -0.2) is 23.1 Å². The predicted molar refractivity (Wildman–Crippen MR) is 156 cm³/mol. The highest BCUT2D eigenvalue weighted by Crippen LogP contribution is 2.45. The molecule has 12 heteroatoms. The molecule has 9 nitrogen and oxygen atoms in total. The Labute approximate surface area is 248 Å². The molecule has 2 amide bonds. The van der Waals surface area contributed by atoms with Gasteiger partial charge in [0, 0.05) is 35.9 Å². The Morgan fingerprint density at radius 1 is 1.10 bits per heavy atom. The molecule has 2 aromatic carbocycles. The molecule has 2 aliphatic heterocycles. The summed E-state index contributed by atoms with van der Waals surface area (Å²) in [5.74, 6) is -1.27. The number of carbonyl (C=O) groups is 2. The molecule has 42 heavy (non-hydrogen) atoms. The first-order valence-electron chi connectivity index (χ1n) is 13.8. The number of hydroxylamine groups is 1. The number of hydrogen-bond donors (Lipinski definition) is 1. The van der Waals surface area contributed by atoms with Crippen LogP contribution in [-0.2, 0) is 29.0 Å². The SMILES string of the molecule is COc1ccccc1C(=O)N1CCC(CC(=O)NOC2CCCCO2)(c2ccc(-c3ccc(F)cc3)s2)S(=O)(=O)CC1. The summed E-state index contributed by atoms with van der Waals surface area (Å²) in [5, 5.41) is 0. The van der Waals surface area contributed by atoms with Gasteiger partial charge in [-0.2, -0.15) is 0 Å². The number of thiophene rings is 1. The average Bonchev–Trinajstić information content (AvgIpc) is 3.46. The first-order valence-corrected chi connectivity index (χ1v) is 16.3. The van der Waals surface area contributed by atoms with Crippen molar-refractivity contribution in [2.75, 3.05) is 32.6 Å². The van der Waals surface area contributed by atoms with Crippen LogP contribution in [-0.4, -0.2) is 64.0 Å². The maximum atomic E-state index is 14.1. The number of hydrogen-bond acceptors (Lipinski definition) is 8. The molecule has 2 fully saturated rings. The van der Waals surface area contributed by atoms with Gasteiger partial charge in [-0.15, -0.1) is 11.3 Å². The number of ether oxygens (including phenoxy) is 2. The molecule has 2 saturated heterocycles. The molecular weight excluding hydrogens is 583 g/mol. The average molecular weight is 617 g/mol. The van der Waals surface area contributed by atoms with Crippen molar-refractivity contribution in [3.8, 4) is 16.2 Å². The minimum absolute atomic E-state index is 0.00700. The molecular formula is C30H33FN2O7S2. The van der Waals surface area contributed by atoms with Gasteiger partial charge in [0.25, 0.3) is 5.91 Å². The van der Waals surface area contributed by atoms with Crippen LogP contribution in [0.1, 0.15) is 47.3 Å². The number of sulfone groups is 1. The van der Waals surface area contributed by atoms with E-state index in [1.54, 1.807) is 48.5 Å². The zero-order chi connectivity index (χ0) is 29.7. The molecule has 1 aromatic heterocycles. The quantitative estimate of drug-likeness (QED) is 0.366. The van der Waals surface area contributed by atoms with Crippen molar-refractivity contribution in [2.24, 2.45) is 0 Å². The molecule has 0 radical (unpaired) electrons. The lowest BCUT2D eigenvalue weighted by molar-refractivity contribution is -0.200. The van der Waals surface area contributed by atoms with Crippen LogP contribution in [0.5, 0.6) is 5.75 Å². The Hall–Kier alpha value is -3.32. The summed E-state index contributed by atoms with van der Waals surface area (Å²) in [5.41, 5.74) is 3.47. The minimum Gasteiger partial charge on any atom is -0.496 e. The van der Waals surface area contributed by atoms with Crippen molar-refractivity contribution in [1.29, 1.82) is 0 Å². The van der Waals surface area contributed by atoms with E-state index in [0.717, 1.165) is 23.3 Å². The smallest absolute Gasteiger partial charge is 0.257 e. The van der Waals surface area contributed by atoms with E-state index in [0.29, 0.717) is 29.2 Å². The number of benzene rings is 2. The third-order valence-corrected chi connectivity index (χ3v) is 11.7. The number of amides is 2. The summed E-state index contributed by atoms with van der Waals surface area (Å²) >= 11 is 1.24. The van der Waals surface area contributed by atoms with E-state index < -0.39 is 33.2 Å². The maximum absolute atomic E-state index is 14.1. The number of halogens is 1. The Kier molecular flexibility index (Phi) is 9.26. The molecule has 0 bridgehead atoms. The minimum atomic E-state index is -3.98. The lowest BCUT2D eigenvalue weighted by atomic mass is 9.97. The number of carbonyl (C=O) groups excluding carboxylic acids is 2. The topological polar surface area (TPSA) is 111 Å². The zero-order valence-electron chi connectivity index (χ0n) is 23.2. The van der Waals surface area contributed by atoms with Crippen molar-refractivity contribution in [3.63, 3.8) is 0 Å². The van der Waals surface area contributed by atoms with Gasteiger partial charge in [-0.1, -0.05) is 24.3 Å². The summed E-state index contributed by atoms with van der Waals surface area (Å²) in [7, 11) is -2.50. The van der Waals surface area contributed by atoms with Crippen molar-refractivity contribution in [2.45, 2.75) is 43.1 Å². The van der Waals surface area contributed by atoms with E-state index in [4.69, 9.17) is 14.3 Å². The Morgan fingerprint density at radius 2 is 1.88 bits per heavy atom. The molecule has 2 aliphatic rings. The molecule has 3 heterocycles. The molecule has 0 saturated carbocycles. The number of para-hydroxylation sites is 1. The summed E-state index contributed by atoms with van der Waals surface area (Å²) in [4.78, 5) is 35.0. The van der Waals surface area contributed by atoms with Crippen LogP contribution in [0.2, 0.25) is 0 Å². The summed E-state index contributed by atoms with van der Waals surface area (Å²) in [6.45, 7) is 0.585. The highest BCUT2D eigenvalue weighted by Gasteiger charge is 2.50. The van der Waals surface area contributed by atoms with Gasteiger partial charge in [-0.05, 0) is 61.2 Å². The van der Waals surface area contributed by atoms with E-state index in [9.17, 15) is 22.4 Å². The van der Waals surface area contributed by atoms with E-state index >= 15 is 0 Å². The largest absolute Gasteiger partial charge is 0.496 e. The molecule has 2 unspecified atom stereocenters. The first kappa shape index (κ1) is 30.1. The monoisotopic (exact) mass is 616 g/mol. The van der Waals surface area contributed by atoms with Crippen molar-refractivity contribution in [1.82, 2.24) is 10.4 Å². The summed E-state index contributed by atoms with van der Waals surface area (Å²) in [6.07, 6.45) is 1.43. The third kappa shape index (κ3) is 6.36. The lowest BCUT2D eigenvalue weighted by Gasteiger charge is -2.31. The van der Waals surface area contributed by atoms with E-state index in [1.807, 2.05) is 0 Å². The van der Waals surface area contributed by atoms with Crippen LogP contribution in [0.15, 0.2) is 60.7 Å². The van der Waals surface area contributed by atoms with Crippen LogP contribution in [0, 0.1) is 5.82 Å². The Balaban J connectivity index is 1.46. The zero-order valence-corrected chi connectivity index (χ0v) is 24.8. The van der Waals surface area contributed by atoms with Crippen LogP contribution >= 0.6 is 11.3 Å². The fourth-order valence-electron chi connectivity index (χ4n) is 5.35. The number of rotatable bonds is 8. The summed E-state index contributed by atoms with van der Waals surface area (Å²) in [6, 6.07) is 16.2. The summed E-state index contributed by atoms with van der Waals surface area (Å²) < 4.78 is 51.1. The van der Waals surface area contributed by atoms with Crippen molar-refractivity contribution >= 4 is 33.0 Å². The first-order chi connectivity index (χ1) is 20.2. The van der Waals surface area contributed by atoms with Gasteiger partial charge in [0.1, 0.15) is 16.3 Å². The van der Waals surface area contributed by atoms with Crippen molar-refractivity contribution < 1.29 is 36.7 Å². The Bertz CT molecular complexity index is 1520. The van der Waals surface area contributed by atoms with Crippen LogP contribution in [0.25, 0.3) is 10.4 Å². The molecule has 3 aromatic rings. The second-order valence-corrected chi connectivity index (χ2v) is 13.8. The van der Waals surface area contributed by atoms with Crippen LogP contribution in [0.4, 0.5) is 4.39 Å². The van der Waals surface area contributed by atoms with E-state index in [-0.39, 0.29) is 37.0 Å². The highest BCUT2D eigenvalue weighted by atomic mass is 32.2. The molecule has 224 valence electrons. The Morgan fingerprint density at radius 3 is 2.62 bits per heavy atom. The molecule has 0 aliphatic carbocycles. The lowest BCUT2D eigenvalue weighted by Crippen LogP contribution is -2.43. The second kappa shape index (κ2) is 12.9. The third-order valence-electron chi connectivity index (χ3n) is 7.71. The molecule has 0 spiro atoms. The fraction of sp³-hybridized carbons (Fsp3) is 0.400. The van der Waals surface area contributed by atoms with E-state index in [1.165, 1.54) is 35.5 Å². The van der Waals surface area contributed by atoms with Crippen LogP contribution in [0.3, 0.4) is 0 Å². The van der Waals surface area contributed by atoms with Gasteiger partial charge in [0.2, 0.25) is 5.91 Å². The second-order valence-electron chi connectivity index (χ2n) is 10.3. The standard InChI is InChI=1S/C30H33FN2O7S2/c1-38-24-7-3-2-6-23(24)29(35)33-16-15-30(42(36,37)19-17-33,20-27(34)32-40-28-8-4-5-18-39-28)26-14-13-25(41-26)21-9-11-22(31)12-10-21/h2-3,6-7,9-14,28H,4-5,8,15-20H2,1H3,(H,32,34). The highest BCUT2D eigenvalue weighted by molar-refractivity contribution is 7.92. The van der Waals surface area contributed by atoms with Gasteiger partial charge in [0.15, 0.2) is 16.1 Å². The van der Waals surface area contributed by atoms with Gasteiger partial charge < -0.3 is 14.4 Å². The predicted octanol–water partition coefficient (Wildman–Crippen LogP) is 4.68. The van der Waals surface area contributed by atoms with E-state index in [2.05, 4.69) is 5.48 Å².